The van der Waals surface area contributed by atoms with Gasteiger partial charge in [0.25, 0.3) is 5.56 Å². The molecule has 0 radical (unpaired) electrons. The van der Waals surface area contributed by atoms with Crippen LogP contribution in [0.4, 0.5) is 11.8 Å². The molecule has 0 spiro atoms. The zero-order valence-corrected chi connectivity index (χ0v) is 17.3. The van der Waals surface area contributed by atoms with Crippen LogP contribution < -0.4 is 21.2 Å². The third-order valence-corrected chi connectivity index (χ3v) is 5.67. The highest BCUT2D eigenvalue weighted by atomic mass is 35.5. The Labute approximate surface area is 176 Å². The lowest BCUT2D eigenvalue weighted by Gasteiger charge is -2.29. The fraction of sp³-hybridized carbons (Fsp3) is 0.316. The second kappa shape index (κ2) is 6.84. The van der Waals surface area contributed by atoms with Gasteiger partial charge < -0.3 is 20.6 Å². The van der Waals surface area contributed by atoms with Gasteiger partial charge in [0.15, 0.2) is 17.3 Å². The van der Waals surface area contributed by atoms with Crippen LogP contribution in [0.15, 0.2) is 29.3 Å². The van der Waals surface area contributed by atoms with Crippen LogP contribution in [0.1, 0.15) is 24.7 Å². The van der Waals surface area contributed by atoms with Crippen molar-refractivity contribution in [2.75, 3.05) is 36.3 Å². The number of imidazole rings is 1. The van der Waals surface area contributed by atoms with Crippen LogP contribution in [-0.4, -0.2) is 50.2 Å². The first kappa shape index (κ1) is 18.6. The number of hydrogen-bond donors (Lipinski definition) is 2. The van der Waals surface area contributed by atoms with Gasteiger partial charge in [0.1, 0.15) is 5.52 Å². The minimum absolute atomic E-state index is 0.151. The summed E-state index contributed by atoms with van der Waals surface area (Å²) in [4.78, 5) is 36.3. The Balaban J connectivity index is 1.74. The van der Waals surface area contributed by atoms with Crippen molar-refractivity contribution in [3.63, 3.8) is 0 Å². The third kappa shape index (κ3) is 2.75. The van der Waals surface area contributed by atoms with Crippen LogP contribution in [-0.2, 0) is 0 Å². The summed E-state index contributed by atoms with van der Waals surface area (Å²) in [6.07, 6.45) is 3.30. The first-order valence-corrected chi connectivity index (χ1v) is 9.95. The van der Waals surface area contributed by atoms with E-state index in [1.807, 2.05) is 14.1 Å². The van der Waals surface area contributed by atoms with Gasteiger partial charge in [-0.05, 0) is 25.0 Å². The summed E-state index contributed by atoms with van der Waals surface area (Å²) in [6, 6.07) is 5.13. The fourth-order valence-electron chi connectivity index (χ4n) is 4.13. The molecule has 1 fully saturated rings. The maximum atomic E-state index is 13.4. The molecule has 1 aliphatic heterocycles. The average Bonchev–Trinajstić information content (AvgIpc) is 3.36. The van der Waals surface area contributed by atoms with Crippen molar-refractivity contribution in [2.45, 2.75) is 18.9 Å². The number of hydrogen-bond acceptors (Lipinski definition) is 8. The van der Waals surface area contributed by atoms with Crippen molar-refractivity contribution in [1.29, 1.82) is 0 Å². The van der Waals surface area contributed by atoms with E-state index >= 15 is 0 Å². The molecule has 10 nitrogen and oxygen atoms in total. The maximum absolute atomic E-state index is 13.4. The molecule has 4 heterocycles. The molecular formula is C19H20ClN9O. The van der Waals surface area contributed by atoms with Crippen LogP contribution >= 0.6 is 11.6 Å². The summed E-state index contributed by atoms with van der Waals surface area (Å²) >= 11 is 6.32. The Morgan fingerprint density at radius 2 is 2.10 bits per heavy atom. The number of aromatic amines is 1. The molecule has 154 valence electrons. The van der Waals surface area contributed by atoms with Gasteiger partial charge in [0.05, 0.1) is 28.3 Å². The maximum Gasteiger partial charge on any atom is 0.281 e. The Morgan fingerprint density at radius 1 is 1.27 bits per heavy atom. The Kier molecular flexibility index (Phi) is 4.24. The van der Waals surface area contributed by atoms with Gasteiger partial charge in [0, 0.05) is 20.6 Å². The van der Waals surface area contributed by atoms with E-state index in [4.69, 9.17) is 22.3 Å². The molecule has 1 saturated heterocycles. The summed E-state index contributed by atoms with van der Waals surface area (Å²) < 4.78 is 1.58. The second-order valence-electron chi connectivity index (χ2n) is 7.43. The van der Waals surface area contributed by atoms with Gasteiger partial charge in [-0.2, -0.15) is 9.97 Å². The van der Waals surface area contributed by atoms with Crippen molar-refractivity contribution in [2.24, 2.45) is 0 Å². The molecule has 30 heavy (non-hydrogen) atoms. The lowest BCUT2D eigenvalue weighted by molar-refractivity contribution is 0.565. The van der Waals surface area contributed by atoms with Gasteiger partial charge in [-0.1, -0.05) is 17.7 Å². The number of halogens is 1. The summed E-state index contributed by atoms with van der Waals surface area (Å²) in [5, 5.41) is 2.52. The molecule has 11 heteroatoms. The number of fused-ring (bicyclic) bond motifs is 2. The van der Waals surface area contributed by atoms with Gasteiger partial charge in [-0.15, -0.1) is 0 Å². The van der Waals surface area contributed by atoms with E-state index in [9.17, 15) is 4.79 Å². The van der Waals surface area contributed by atoms with Gasteiger partial charge in [-0.25, -0.2) is 14.6 Å². The lowest BCUT2D eigenvalue weighted by atomic mass is 10.1. The quantitative estimate of drug-likeness (QED) is 0.509. The van der Waals surface area contributed by atoms with E-state index in [1.54, 1.807) is 34.2 Å². The Bertz CT molecular complexity index is 1330. The van der Waals surface area contributed by atoms with Gasteiger partial charge >= 0.3 is 0 Å². The van der Waals surface area contributed by atoms with Crippen molar-refractivity contribution < 1.29 is 0 Å². The molecule has 3 aromatic heterocycles. The zero-order valence-electron chi connectivity index (χ0n) is 16.5. The van der Waals surface area contributed by atoms with Crippen LogP contribution in [0.3, 0.4) is 0 Å². The minimum atomic E-state index is -0.202. The number of nitrogens with two attached hydrogens (primary N) is 1. The Hall–Kier alpha value is -3.40. The van der Waals surface area contributed by atoms with Crippen LogP contribution in [0.25, 0.3) is 22.1 Å². The largest absolute Gasteiger partial charge is 0.368 e. The molecule has 1 aromatic carbocycles. The summed E-state index contributed by atoms with van der Waals surface area (Å²) in [5.74, 6) is 1.43. The molecule has 3 N–H and O–H groups in total. The molecular weight excluding hydrogens is 406 g/mol. The minimum Gasteiger partial charge on any atom is -0.368 e. The molecule has 4 aromatic rings. The van der Waals surface area contributed by atoms with E-state index in [1.165, 1.54) is 0 Å². The number of nitrogens with one attached hydrogen (secondary N) is 1. The normalized spacial score (nSPS) is 16.6. The third-order valence-electron chi connectivity index (χ3n) is 5.36. The van der Waals surface area contributed by atoms with Crippen LogP contribution in [0, 0.1) is 0 Å². The molecule has 0 aliphatic carbocycles. The van der Waals surface area contributed by atoms with Gasteiger partial charge in [-0.3, -0.25) is 4.79 Å². The number of anilines is 2. The topological polar surface area (TPSA) is 122 Å². The molecule has 0 amide bonds. The number of benzene rings is 1. The number of H-pyrrole nitrogens is 1. The summed E-state index contributed by atoms with van der Waals surface area (Å²) in [5.41, 5.74) is 7.51. The highest BCUT2D eigenvalue weighted by molar-refractivity contribution is 6.35. The van der Waals surface area contributed by atoms with E-state index < -0.39 is 0 Å². The highest BCUT2D eigenvalue weighted by Crippen LogP contribution is 2.37. The zero-order chi connectivity index (χ0) is 21.0. The van der Waals surface area contributed by atoms with E-state index in [2.05, 4.69) is 24.8 Å². The standard InChI is InChI=1S/C19H20ClN9O/c1-27(2)29-16(24-11-6-3-5-10(20)13(11)18(29)30)12-7-4-8-28(12)17-14-15(23-9-22-14)25-19(21)26-17/h3,5-6,9,12H,4,7-8H2,1-2H3,(H3,21,22,23,25,26)/t12-/m0/s1. The highest BCUT2D eigenvalue weighted by Gasteiger charge is 2.34. The van der Waals surface area contributed by atoms with Crippen molar-refractivity contribution in [1.82, 2.24) is 29.6 Å². The first-order valence-electron chi connectivity index (χ1n) is 9.57. The second-order valence-corrected chi connectivity index (χ2v) is 7.83. The number of rotatable bonds is 3. The summed E-state index contributed by atoms with van der Waals surface area (Å²) in [7, 11) is 3.62. The monoisotopic (exact) mass is 425 g/mol. The van der Waals surface area contributed by atoms with E-state index in [0.717, 1.165) is 19.4 Å². The average molecular weight is 426 g/mol. The van der Waals surface area contributed by atoms with Crippen molar-refractivity contribution >= 4 is 45.4 Å². The smallest absolute Gasteiger partial charge is 0.281 e. The molecule has 0 bridgehead atoms. The molecule has 1 atom stereocenters. The van der Waals surface area contributed by atoms with Crippen LogP contribution in [0.2, 0.25) is 5.02 Å². The molecule has 5 rings (SSSR count). The van der Waals surface area contributed by atoms with E-state index in [0.29, 0.717) is 38.7 Å². The molecule has 0 saturated carbocycles. The first-order chi connectivity index (χ1) is 14.5. The predicted molar refractivity (Wildman–Crippen MR) is 116 cm³/mol. The molecule has 1 aliphatic rings. The number of aromatic nitrogens is 6. The van der Waals surface area contributed by atoms with E-state index in [-0.39, 0.29) is 17.5 Å². The number of nitrogen functional groups attached to an aromatic ring is 1. The van der Waals surface area contributed by atoms with Crippen molar-refractivity contribution in [3.05, 3.63) is 45.7 Å². The fourth-order valence-corrected chi connectivity index (χ4v) is 4.38. The van der Waals surface area contributed by atoms with Gasteiger partial charge in [0.2, 0.25) is 5.95 Å². The summed E-state index contributed by atoms with van der Waals surface area (Å²) in [6.45, 7) is 0.742. The SMILES string of the molecule is CN(C)n1c([C@@H]2CCCN2c2nc(N)nc3nc[nH]c23)nc2cccc(Cl)c2c1=O. The number of nitrogens with zero attached hydrogens (tertiary/aromatic N) is 7. The molecule has 0 unspecified atom stereocenters. The van der Waals surface area contributed by atoms with Crippen molar-refractivity contribution in [3.8, 4) is 0 Å². The predicted octanol–water partition coefficient (Wildman–Crippen LogP) is 1.84. The Morgan fingerprint density at radius 3 is 2.90 bits per heavy atom. The van der Waals surface area contributed by atoms with Crippen LogP contribution in [0.5, 0.6) is 0 Å². The lowest BCUT2D eigenvalue weighted by Crippen LogP contribution is -2.42.